The number of nitrogens with two attached hydrogens (primary N) is 1. The van der Waals surface area contributed by atoms with Crippen LogP contribution in [0.4, 0.5) is 5.82 Å². The monoisotopic (exact) mass is 452 g/mol. The Balaban J connectivity index is 1.78. The van der Waals surface area contributed by atoms with Crippen LogP contribution in [0.1, 0.15) is 35.5 Å². The zero-order valence-corrected chi connectivity index (χ0v) is 18.8. The Morgan fingerprint density at radius 3 is 2.25 bits per heavy atom. The molecule has 0 spiro atoms. The average molecular weight is 453 g/mol. The van der Waals surface area contributed by atoms with E-state index in [-0.39, 0.29) is 28.6 Å². The van der Waals surface area contributed by atoms with Crippen molar-refractivity contribution < 1.29 is 18.0 Å². The lowest BCUT2D eigenvalue weighted by Gasteiger charge is -2.10. The number of nitrogen functional groups attached to an aromatic ring is 1. The van der Waals surface area contributed by atoms with Crippen LogP contribution >= 0.6 is 0 Å². The summed E-state index contributed by atoms with van der Waals surface area (Å²) in [6.07, 6.45) is 1.48. The SMILES string of the molecule is Cc1ccc(-c2cnc(N)c(C(=O)Cc3ccc(S(=O)(=O)NC(=O)C(C)C)cc3)n2)cc1. The third kappa shape index (κ3) is 5.36. The molecule has 3 rings (SSSR count). The van der Waals surface area contributed by atoms with Gasteiger partial charge >= 0.3 is 0 Å². The van der Waals surface area contributed by atoms with Crippen LogP contribution in [0, 0.1) is 12.8 Å². The molecule has 0 atom stereocenters. The molecule has 1 heterocycles. The Kier molecular flexibility index (Phi) is 6.69. The van der Waals surface area contributed by atoms with Crippen molar-refractivity contribution in [3.63, 3.8) is 0 Å². The molecular weight excluding hydrogens is 428 g/mol. The molecule has 1 aromatic heterocycles. The number of anilines is 1. The van der Waals surface area contributed by atoms with Crippen LogP contribution < -0.4 is 10.5 Å². The molecular formula is C23H24N4O4S. The summed E-state index contributed by atoms with van der Waals surface area (Å²) >= 11 is 0. The van der Waals surface area contributed by atoms with Crippen molar-refractivity contribution in [1.82, 2.24) is 14.7 Å². The van der Waals surface area contributed by atoms with Crippen LogP contribution in [0.5, 0.6) is 0 Å². The van der Waals surface area contributed by atoms with Crippen LogP contribution in [0.25, 0.3) is 11.3 Å². The number of carbonyl (C=O) groups excluding carboxylic acids is 2. The van der Waals surface area contributed by atoms with Gasteiger partial charge in [-0.25, -0.2) is 23.1 Å². The summed E-state index contributed by atoms with van der Waals surface area (Å²) in [5.74, 6) is -1.37. The molecule has 32 heavy (non-hydrogen) atoms. The van der Waals surface area contributed by atoms with E-state index in [0.717, 1.165) is 11.1 Å². The number of aromatic nitrogens is 2. The van der Waals surface area contributed by atoms with E-state index in [1.165, 1.54) is 30.5 Å². The van der Waals surface area contributed by atoms with E-state index >= 15 is 0 Å². The molecule has 166 valence electrons. The molecule has 0 bridgehead atoms. The van der Waals surface area contributed by atoms with Crippen molar-refractivity contribution in [3.8, 4) is 11.3 Å². The number of amides is 1. The number of benzene rings is 2. The van der Waals surface area contributed by atoms with Gasteiger partial charge in [-0.05, 0) is 24.6 Å². The van der Waals surface area contributed by atoms with Crippen molar-refractivity contribution in [3.05, 3.63) is 71.5 Å². The Morgan fingerprint density at radius 1 is 1.03 bits per heavy atom. The summed E-state index contributed by atoms with van der Waals surface area (Å²) in [4.78, 5) is 33.0. The van der Waals surface area contributed by atoms with Gasteiger partial charge in [-0.1, -0.05) is 55.8 Å². The Hall–Kier alpha value is -3.59. The topological polar surface area (TPSA) is 132 Å². The van der Waals surface area contributed by atoms with Gasteiger partial charge in [0.1, 0.15) is 5.69 Å². The molecule has 0 radical (unpaired) electrons. The molecule has 0 unspecified atom stereocenters. The molecule has 9 heteroatoms. The van der Waals surface area contributed by atoms with Gasteiger partial charge < -0.3 is 5.73 Å². The Bertz CT molecular complexity index is 1250. The smallest absolute Gasteiger partial charge is 0.264 e. The van der Waals surface area contributed by atoms with E-state index in [0.29, 0.717) is 11.3 Å². The molecule has 3 N–H and O–H groups in total. The highest BCUT2D eigenvalue weighted by molar-refractivity contribution is 7.90. The van der Waals surface area contributed by atoms with Gasteiger partial charge in [-0.15, -0.1) is 0 Å². The zero-order chi connectivity index (χ0) is 23.5. The fraction of sp³-hybridized carbons (Fsp3) is 0.217. The summed E-state index contributed by atoms with van der Waals surface area (Å²) in [5, 5.41) is 0. The number of nitrogens with one attached hydrogen (secondary N) is 1. The van der Waals surface area contributed by atoms with Gasteiger partial charge in [0.15, 0.2) is 11.6 Å². The van der Waals surface area contributed by atoms with E-state index < -0.39 is 21.8 Å². The summed E-state index contributed by atoms with van der Waals surface area (Å²) in [5.41, 5.74) is 8.97. The van der Waals surface area contributed by atoms with Crippen LogP contribution in [0.3, 0.4) is 0 Å². The summed E-state index contributed by atoms with van der Waals surface area (Å²) in [6, 6.07) is 13.4. The minimum atomic E-state index is -3.97. The molecule has 8 nitrogen and oxygen atoms in total. The van der Waals surface area contributed by atoms with Gasteiger partial charge in [-0.2, -0.15) is 0 Å². The maximum atomic E-state index is 12.8. The fourth-order valence-corrected chi connectivity index (χ4v) is 3.94. The molecule has 0 saturated heterocycles. The molecule has 0 saturated carbocycles. The zero-order valence-electron chi connectivity index (χ0n) is 18.0. The number of rotatable bonds is 7. The maximum absolute atomic E-state index is 12.8. The van der Waals surface area contributed by atoms with Crippen LogP contribution in [-0.2, 0) is 21.2 Å². The van der Waals surface area contributed by atoms with Crippen molar-refractivity contribution in [2.75, 3.05) is 5.73 Å². The molecule has 0 aliphatic carbocycles. The first-order chi connectivity index (χ1) is 15.1. The number of hydrogen-bond donors (Lipinski definition) is 2. The third-order valence-corrected chi connectivity index (χ3v) is 6.13. The summed E-state index contributed by atoms with van der Waals surface area (Å²) in [7, 11) is -3.97. The number of hydrogen-bond acceptors (Lipinski definition) is 7. The second-order valence-corrected chi connectivity index (χ2v) is 9.41. The van der Waals surface area contributed by atoms with Gasteiger partial charge in [-0.3, -0.25) is 9.59 Å². The maximum Gasteiger partial charge on any atom is 0.264 e. The highest BCUT2D eigenvalue weighted by Gasteiger charge is 2.20. The first-order valence-corrected chi connectivity index (χ1v) is 11.4. The van der Waals surface area contributed by atoms with Gasteiger partial charge in [0.2, 0.25) is 5.91 Å². The van der Waals surface area contributed by atoms with Crippen molar-refractivity contribution in [2.24, 2.45) is 5.92 Å². The van der Waals surface area contributed by atoms with Gasteiger partial charge in [0, 0.05) is 17.9 Å². The minimum Gasteiger partial charge on any atom is -0.382 e. The number of Topliss-reactive ketones (excluding diaryl/α,β-unsaturated/α-hetero) is 1. The first kappa shape index (κ1) is 23.1. The fourth-order valence-electron chi connectivity index (χ4n) is 2.83. The van der Waals surface area contributed by atoms with Crippen molar-refractivity contribution in [2.45, 2.75) is 32.1 Å². The van der Waals surface area contributed by atoms with E-state index in [2.05, 4.69) is 9.97 Å². The van der Waals surface area contributed by atoms with Crippen molar-refractivity contribution in [1.29, 1.82) is 0 Å². The average Bonchev–Trinajstić information content (AvgIpc) is 2.74. The Labute approximate surface area is 187 Å². The normalized spacial score (nSPS) is 11.4. The number of nitrogens with zero attached hydrogens (tertiary/aromatic N) is 2. The highest BCUT2D eigenvalue weighted by atomic mass is 32.2. The standard InChI is InChI=1S/C23H24N4O4S/c1-14(2)23(29)27-32(30,31)18-10-6-16(7-11-18)12-20(28)21-22(24)25-13-19(26-21)17-8-4-15(3)5-9-17/h4-11,13-14H,12H2,1-3H3,(H2,24,25)(H,27,29). The Morgan fingerprint density at radius 2 is 1.66 bits per heavy atom. The van der Waals surface area contributed by atoms with Gasteiger partial charge in [0.05, 0.1) is 16.8 Å². The summed E-state index contributed by atoms with van der Waals surface area (Å²) in [6.45, 7) is 5.17. The van der Waals surface area contributed by atoms with Crippen LogP contribution in [0.15, 0.2) is 59.6 Å². The largest absolute Gasteiger partial charge is 0.382 e. The van der Waals surface area contributed by atoms with Gasteiger partial charge in [0.25, 0.3) is 10.0 Å². The summed E-state index contributed by atoms with van der Waals surface area (Å²) < 4.78 is 26.6. The lowest BCUT2D eigenvalue weighted by molar-refractivity contribution is -0.122. The van der Waals surface area contributed by atoms with E-state index in [1.807, 2.05) is 35.9 Å². The van der Waals surface area contributed by atoms with Crippen LogP contribution in [-0.4, -0.2) is 30.1 Å². The number of carbonyl (C=O) groups is 2. The second-order valence-electron chi connectivity index (χ2n) is 7.72. The third-order valence-electron chi connectivity index (χ3n) is 4.77. The molecule has 2 aromatic carbocycles. The van der Waals surface area contributed by atoms with Crippen molar-refractivity contribution >= 4 is 27.5 Å². The first-order valence-electron chi connectivity index (χ1n) is 9.95. The highest BCUT2D eigenvalue weighted by Crippen LogP contribution is 2.20. The minimum absolute atomic E-state index is 0.0291. The second kappa shape index (κ2) is 9.27. The number of aryl methyl sites for hydroxylation is 1. The lowest BCUT2D eigenvalue weighted by atomic mass is 10.1. The molecule has 0 aliphatic rings. The molecule has 0 fully saturated rings. The predicted octanol–water partition coefficient (Wildman–Crippen LogP) is 2.92. The number of ketones is 1. The lowest BCUT2D eigenvalue weighted by Crippen LogP contribution is -2.33. The van der Waals surface area contributed by atoms with E-state index in [1.54, 1.807) is 13.8 Å². The van der Waals surface area contributed by atoms with E-state index in [9.17, 15) is 18.0 Å². The molecule has 3 aromatic rings. The number of sulfonamides is 1. The quantitative estimate of drug-likeness (QED) is 0.527. The molecule has 0 aliphatic heterocycles. The molecule has 1 amide bonds. The van der Waals surface area contributed by atoms with Crippen LogP contribution in [0.2, 0.25) is 0 Å². The van der Waals surface area contributed by atoms with E-state index in [4.69, 9.17) is 5.73 Å². The predicted molar refractivity (Wildman–Crippen MR) is 121 cm³/mol.